The molecular weight excluding hydrogens is 388 g/mol. The fourth-order valence-electron chi connectivity index (χ4n) is 2.80. The second-order valence-corrected chi connectivity index (χ2v) is 6.25. The second-order valence-electron chi connectivity index (χ2n) is 6.25. The number of carboxylic acid groups (broad SMARTS) is 1. The lowest BCUT2D eigenvalue weighted by atomic mass is 10.1. The number of H-pyrrole nitrogens is 1. The molecular formula is C22H19N2O6-. The predicted molar refractivity (Wildman–Crippen MR) is 108 cm³/mol. The average Bonchev–Trinajstić information content (AvgIpc) is 3.01. The number of carbonyl (C=O) groups excluding carboxylic acids is 2. The summed E-state index contributed by atoms with van der Waals surface area (Å²) < 4.78 is 11.6. The highest BCUT2D eigenvalue weighted by atomic mass is 16.6. The Bertz CT molecular complexity index is 1240. The number of ether oxygens (including phenoxy) is 2. The van der Waals surface area contributed by atoms with Crippen LogP contribution in [0.15, 0.2) is 53.3 Å². The first-order chi connectivity index (χ1) is 14.4. The van der Waals surface area contributed by atoms with Crippen molar-refractivity contribution in [1.82, 2.24) is 9.78 Å². The van der Waals surface area contributed by atoms with Gasteiger partial charge in [0.25, 0.3) is 5.56 Å². The van der Waals surface area contributed by atoms with Gasteiger partial charge in [-0.05, 0) is 36.8 Å². The van der Waals surface area contributed by atoms with Crippen LogP contribution in [0.4, 0.5) is 0 Å². The first-order valence-corrected chi connectivity index (χ1v) is 9.11. The van der Waals surface area contributed by atoms with E-state index < -0.39 is 11.9 Å². The molecule has 8 nitrogen and oxygen atoms in total. The summed E-state index contributed by atoms with van der Waals surface area (Å²) in [5.41, 5.74) is 0.665. The molecule has 0 atom stereocenters. The van der Waals surface area contributed by atoms with E-state index in [1.165, 1.54) is 28.9 Å². The molecule has 1 aromatic heterocycles. The van der Waals surface area contributed by atoms with Crippen molar-refractivity contribution in [2.45, 2.75) is 6.92 Å². The molecule has 0 aliphatic rings. The van der Waals surface area contributed by atoms with Crippen molar-refractivity contribution in [3.05, 3.63) is 80.6 Å². The van der Waals surface area contributed by atoms with E-state index in [2.05, 4.69) is 11.7 Å². The van der Waals surface area contributed by atoms with Crippen LogP contribution in [0.2, 0.25) is 0 Å². The third-order valence-electron chi connectivity index (χ3n) is 4.24. The van der Waals surface area contributed by atoms with Gasteiger partial charge < -0.3 is 19.4 Å². The Labute approximate surface area is 171 Å². The molecule has 0 spiro atoms. The maximum absolute atomic E-state index is 12.9. The van der Waals surface area contributed by atoms with Crippen molar-refractivity contribution >= 4 is 24.6 Å². The molecule has 3 aromatic rings. The van der Waals surface area contributed by atoms with Crippen LogP contribution < -0.4 is 26.0 Å². The number of nitrogens with zero attached hydrogens (tertiary/aromatic N) is 1. The smallest absolute Gasteiger partial charge is 0.344 e. The quantitative estimate of drug-likeness (QED) is 0.539. The van der Waals surface area contributed by atoms with Gasteiger partial charge in [-0.1, -0.05) is 36.9 Å². The lowest BCUT2D eigenvalue weighted by Gasteiger charge is -2.08. The van der Waals surface area contributed by atoms with E-state index in [1.807, 2.05) is 0 Å². The lowest BCUT2D eigenvalue weighted by Crippen LogP contribution is -2.34. The molecule has 1 heterocycles. The first kappa shape index (κ1) is 20.7. The van der Waals surface area contributed by atoms with Gasteiger partial charge in [-0.3, -0.25) is 9.89 Å². The minimum Gasteiger partial charge on any atom is -0.545 e. The summed E-state index contributed by atoms with van der Waals surface area (Å²) in [6.07, 6.45) is 1.60. The van der Waals surface area contributed by atoms with Gasteiger partial charge in [-0.2, -0.15) is 0 Å². The third kappa shape index (κ3) is 4.49. The number of carbonyl (C=O) groups is 2. The monoisotopic (exact) mass is 407 g/mol. The van der Waals surface area contributed by atoms with Gasteiger partial charge in [0, 0.05) is 5.56 Å². The van der Waals surface area contributed by atoms with Gasteiger partial charge in [0.2, 0.25) is 0 Å². The van der Waals surface area contributed by atoms with E-state index in [-0.39, 0.29) is 24.3 Å². The van der Waals surface area contributed by atoms with E-state index in [9.17, 15) is 19.5 Å². The number of para-hydroxylation sites is 1. The molecule has 154 valence electrons. The molecule has 0 aliphatic carbocycles. The fourth-order valence-corrected chi connectivity index (χ4v) is 2.80. The van der Waals surface area contributed by atoms with E-state index in [1.54, 1.807) is 37.3 Å². The predicted octanol–water partition coefficient (Wildman–Crippen LogP) is -0.290. The molecule has 0 saturated carbocycles. The highest BCUT2D eigenvalue weighted by molar-refractivity contribution is 5.85. The van der Waals surface area contributed by atoms with Crippen molar-refractivity contribution in [2.24, 2.45) is 0 Å². The molecule has 0 aliphatic heterocycles. The summed E-state index contributed by atoms with van der Waals surface area (Å²) >= 11 is 0. The molecule has 8 heteroatoms. The van der Waals surface area contributed by atoms with Crippen LogP contribution >= 0.6 is 0 Å². The molecule has 0 unspecified atom stereocenters. The Kier molecular flexibility index (Phi) is 6.17. The molecule has 3 rings (SSSR count). The summed E-state index contributed by atoms with van der Waals surface area (Å²) in [5, 5.41) is 14.4. The van der Waals surface area contributed by atoms with Gasteiger partial charge in [0.1, 0.15) is 5.75 Å². The van der Waals surface area contributed by atoms with Crippen LogP contribution in [0.3, 0.4) is 0 Å². The van der Waals surface area contributed by atoms with Crippen LogP contribution in [0.1, 0.15) is 22.8 Å². The molecule has 0 amide bonds. The summed E-state index contributed by atoms with van der Waals surface area (Å²) in [5.74, 6) is -1.38. The number of aromatic carboxylic acids is 1. The minimum absolute atomic E-state index is 0.00710. The largest absolute Gasteiger partial charge is 0.545 e. The van der Waals surface area contributed by atoms with Crippen molar-refractivity contribution in [2.75, 3.05) is 13.2 Å². The zero-order valence-electron chi connectivity index (χ0n) is 16.2. The third-order valence-corrected chi connectivity index (χ3v) is 4.24. The molecule has 0 bridgehead atoms. The summed E-state index contributed by atoms with van der Waals surface area (Å²) in [4.78, 5) is 35.3. The van der Waals surface area contributed by atoms with Crippen molar-refractivity contribution in [3.63, 3.8) is 0 Å². The van der Waals surface area contributed by atoms with E-state index in [4.69, 9.17) is 9.47 Å². The van der Waals surface area contributed by atoms with E-state index >= 15 is 0 Å². The topological polar surface area (TPSA) is 113 Å². The molecule has 1 N–H and O–H groups in total. The SMILES string of the molecule is C=c1[nH]n(-c2ccc(C(=O)[O-])cc2)c(=O)/c1=C/c1ccccc1OCC(=O)OCC. The zero-order valence-corrected chi connectivity index (χ0v) is 16.2. The number of nitrogens with one attached hydrogen (secondary N) is 1. The van der Waals surface area contributed by atoms with E-state index in [0.29, 0.717) is 27.6 Å². The van der Waals surface area contributed by atoms with E-state index in [0.717, 1.165) is 0 Å². The van der Waals surface area contributed by atoms with Crippen LogP contribution in [-0.2, 0) is 9.53 Å². The molecule has 0 saturated heterocycles. The van der Waals surface area contributed by atoms with Gasteiger partial charge in [0.15, 0.2) is 6.61 Å². The molecule has 0 fully saturated rings. The Balaban J connectivity index is 1.98. The van der Waals surface area contributed by atoms with Crippen molar-refractivity contribution < 1.29 is 24.2 Å². The van der Waals surface area contributed by atoms with Gasteiger partial charge in [-0.25, -0.2) is 9.48 Å². The highest BCUT2D eigenvalue weighted by Gasteiger charge is 2.09. The first-order valence-electron chi connectivity index (χ1n) is 9.11. The van der Waals surface area contributed by atoms with Crippen molar-refractivity contribution in [3.8, 4) is 11.4 Å². The number of carboxylic acids is 1. The number of esters is 1. The van der Waals surface area contributed by atoms with Gasteiger partial charge in [0.05, 0.1) is 28.8 Å². The second kappa shape index (κ2) is 8.95. The maximum Gasteiger partial charge on any atom is 0.344 e. The summed E-state index contributed by atoms with van der Waals surface area (Å²) in [6.45, 7) is 5.58. The summed E-state index contributed by atoms with van der Waals surface area (Å²) in [7, 11) is 0. The van der Waals surface area contributed by atoms with Gasteiger partial charge >= 0.3 is 5.97 Å². The standard InChI is InChI=1S/C22H20N2O6/c1-3-29-20(25)13-30-19-7-5-4-6-16(19)12-18-14(2)23-24(21(18)26)17-10-8-15(9-11-17)22(27)28/h4-12,23H,2-3,13H2,1H3,(H,27,28)/p-1/b18-12+. The van der Waals surface area contributed by atoms with Crippen LogP contribution in [0.25, 0.3) is 18.3 Å². The number of hydrogen-bond acceptors (Lipinski definition) is 6. The maximum atomic E-state index is 12.9. The van der Waals surface area contributed by atoms with Crippen LogP contribution in [0.5, 0.6) is 5.75 Å². The number of rotatable bonds is 7. The normalized spacial score (nSPS) is 11.3. The minimum atomic E-state index is -1.30. The Morgan fingerprint density at radius 2 is 1.87 bits per heavy atom. The number of benzene rings is 2. The van der Waals surface area contributed by atoms with Gasteiger partial charge in [-0.15, -0.1) is 0 Å². The Morgan fingerprint density at radius 1 is 1.17 bits per heavy atom. The highest BCUT2D eigenvalue weighted by Crippen LogP contribution is 2.18. The average molecular weight is 407 g/mol. The molecule has 30 heavy (non-hydrogen) atoms. The number of aromatic amines is 1. The Hall–Kier alpha value is -4.07. The van der Waals surface area contributed by atoms with Crippen LogP contribution in [0, 0.1) is 0 Å². The molecule has 2 aromatic carbocycles. The van der Waals surface area contributed by atoms with Crippen molar-refractivity contribution in [1.29, 1.82) is 0 Å². The number of hydrogen-bond donors (Lipinski definition) is 1. The molecule has 0 radical (unpaired) electrons. The lowest BCUT2D eigenvalue weighted by molar-refractivity contribution is -0.255. The summed E-state index contributed by atoms with van der Waals surface area (Å²) in [6, 6.07) is 12.6. The number of aromatic nitrogens is 2. The fraction of sp³-hybridized carbons (Fsp3) is 0.136. The Morgan fingerprint density at radius 3 is 2.53 bits per heavy atom. The zero-order chi connectivity index (χ0) is 21.7. The van der Waals surface area contributed by atoms with Crippen LogP contribution in [-0.4, -0.2) is 34.9 Å².